The number of pyridine rings is 1. The molecular formula is C25H25ClF2N2O2. The van der Waals surface area contributed by atoms with Gasteiger partial charge in [-0.25, -0.2) is 8.78 Å². The Morgan fingerprint density at radius 2 is 1.75 bits per heavy atom. The lowest BCUT2D eigenvalue weighted by Gasteiger charge is -2.31. The van der Waals surface area contributed by atoms with Gasteiger partial charge in [0.2, 0.25) is 0 Å². The van der Waals surface area contributed by atoms with Crippen LogP contribution in [-0.2, 0) is 11.2 Å². The Morgan fingerprint density at radius 3 is 2.34 bits per heavy atom. The monoisotopic (exact) mass is 458 g/mol. The molecule has 0 fully saturated rings. The fraction of sp³-hybridized carbons (Fsp3) is 0.280. The Labute approximate surface area is 191 Å². The van der Waals surface area contributed by atoms with Crippen LogP contribution in [0.25, 0.3) is 0 Å². The molecule has 0 radical (unpaired) electrons. The van der Waals surface area contributed by atoms with E-state index in [0.717, 1.165) is 29.5 Å². The summed E-state index contributed by atoms with van der Waals surface area (Å²) in [4.78, 5) is 17.4. The van der Waals surface area contributed by atoms with Gasteiger partial charge < -0.3 is 10.1 Å². The van der Waals surface area contributed by atoms with E-state index in [0.29, 0.717) is 11.4 Å². The van der Waals surface area contributed by atoms with Crippen LogP contribution in [-0.4, -0.2) is 22.5 Å². The van der Waals surface area contributed by atoms with Crippen molar-refractivity contribution in [3.8, 4) is 5.75 Å². The van der Waals surface area contributed by atoms with Gasteiger partial charge in [-0.2, -0.15) is 0 Å². The van der Waals surface area contributed by atoms with Crippen molar-refractivity contribution < 1.29 is 18.3 Å². The molecular weight excluding hydrogens is 434 g/mol. The molecule has 1 N–H and O–H groups in total. The molecule has 7 heteroatoms. The average molecular weight is 459 g/mol. The van der Waals surface area contributed by atoms with Crippen LogP contribution in [0.3, 0.4) is 0 Å². The lowest BCUT2D eigenvalue weighted by Crippen LogP contribution is -2.51. The zero-order chi connectivity index (χ0) is 23.3. The average Bonchev–Trinajstić information content (AvgIpc) is 2.72. The van der Waals surface area contributed by atoms with Gasteiger partial charge in [-0.1, -0.05) is 41.9 Å². The number of carbonyl (C=O) groups is 1. The molecule has 0 spiro atoms. The maximum absolute atomic E-state index is 13.5. The van der Waals surface area contributed by atoms with E-state index < -0.39 is 23.1 Å². The third-order valence-corrected chi connectivity index (χ3v) is 5.39. The van der Waals surface area contributed by atoms with Crippen molar-refractivity contribution in [2.75, 3.05) is 0 Å². The van der Waals surface area contributed by atoms with Crippen LogP contribution >= 0.6 is 11.6 Å². The van der Waals surface area contributed by atoms with Gasteiger partial charge in [0, 0.05) is 42.0 Å². The van der Waals surface area contributed by atoms with Crippen LogP contribution in [0.1, 0.15) is 37.9 Å². The smallest absolute Gasteiger partial charge is 0.263 e. The number of amides is 1. The molecule has 2 unspecified atom stereocenters. The van der Waals surface area contributed by atoms with Gasteiger partial charge in [0.1, 0.15) is 17.4 Å². The largest absolute Gasteiger partial charge is 0.478 e. The first-order valence-electron chi connectivity index (χ1n) is 10.3. The van der Waals surface area contributed by atoms with Gasteiger partial charge in [0.25, 0.3) is 5.91 Å². The molecule has 0 aliphatic carbocycles. The number of ether oxygens (including phenoxy) is 1. The summed E-state index contributed by atoms with van der Waals surface area (Å²) < 4.78 is 32.6. The van der Waals surface area contributed by atoms with Crippen LogP contribution in [0.4, 0.5) is 8.78 Å². The maximum Gasteiger partial charge on any atom is 0.263 e. The van der Waals surface area contributed by atoms with Crippen LogP contribution in [0.2, 0.25) is 5.02 Å². The summed E-state index contributed by atoms with van der Waals surface area (Å²) in [6.45, 7) is 5.01. The molecule has 4 nitrogen and oxygen atoms in total. The van der Waals surface area contributed by atoms with Gasteiger partial charge in [-0.3, -0.25) is 9.78 Å². The van der Waals surface area contributed by atoms with Crippen molar-refractivity contribution in [2.24, 2.45) is 0 Å². The summed E-state index contributed by atoms with van der Waals surface area (Å²) in [5, 5.41) is 3.55. The van der Waals surface area contributed by atoms with Gasteiger partial charge in [0.05, 0.1) is 5.02 Å². The summed E-state index contributed by atoms with van der Waals surface area (Å²) in [7, 11) is 0. The van der Waals surface area contributed by atoms with Crippen molar-refractivity contribution in [2.45, 2.75) is 44.8 Å². The first-order valence-corrected chi connectivity index (χ1v) is 10.6. The Bertz CT molecular complexity index is 1040. The molecule has 0 saturated heterocycles. The second-order valence-electron chi connectivity index (χ2n) is 8.17. The lowest BCUT2D eigenvalue weighted by molar-refractivity contribution is -0.135. The summed E-state index contributed by atoms with van der Waals surface area (Å²) in [6, 6.07) is 16.0. The summed E-state index contributed by atoms with van der Waals surface area (Å²) >= 11 is 5.95. The van der Waals surface area contributed by atoms with Crippen LogP contribution in [0.15, 0.2) is 66.9 Å². The molecule has 0 saturated carbocycles. The Balaban J connectivity index is 1.77. The lowest BCUT2D eigenvalue weighted by atomic mass is 9.87. The summed E-state index contributed by atoms with van der Waals surface area (Å²) in [6.07, 6.45) is 2.18. The van der Waals surface area contributed by atoms with Crippen LogP contribution in [0, 0.1) is 11.6 Å². The molecule has 2 aromatic carbocycles. The fourth-order valence-corrected chi connectivity index (χ4v) is 3.56. The molecule has 3 aromatic rings. The number of nitrogens with one attached hydrogen (secondary N) is 1. The molecule has 2 atom stereocenters. The fourth-order valence-electron chi connectivity index (χ4n) is 3.45. The number of nitrogens with zero attached hydrogens (tertiary/aromatic N) is 1. The first-order chi connectivity index (χ1) is 15.1. The molecule has 0 bridgehead atoms. The minimum absolute atomic E-state index is 0.0553. The quantitative estimate of drug-likeness (QED) is 0.471. The van der Waals surface area contributed by atoms with Crippen molar-refractivity contribution in [3.05, 3.63) is 94.8 Å². The highest BCUT2D eigenvalue weighted by molar-refractivity contribution is 6.30. The van der Waals surface area contributed by atoms with E-state index in [1.807, 2.05) is 43.3 Å². The highest BCUT2D eigenvalue weighted by atomic mass is 35.5. The number of aromatic nitrogens is 1. The van der Waals surface area contributed by atoms with Crippen LogP contribution < -0.4 is 10.1 Å². The van der Waals surface area contributed by atoms with E-state index in [1.165, 1.54) is 0 Å². The third-order valence-electron chi connectivity index (χ3n) is 5.16. The molecule has 1 amide bonds. The number of carbonyl (C=O) groups excluding carboxylic acids is 1. The Kier molecular flexibility index (Phi) is 7.46. The number of hydrogen-bond donors (Lipinski definition) is 1. The summed E-state index contributed by atoms with van der Waals surface area (Å²) in [5.74, 6) is -2.08. The normalized spacial score (nSPS) is 13.3. The Hall–Kier alpha value is -2.99. The topological polar surface area (TPSA) is 51.2 Å². The molecule has 168 valence electrons. The SMILES string of the molecule is CC(NC(=O)C(C)(C)Oc1cc(F)cc(F)c1)C(Cc1ccc(Cl)cn1)c1ccccc1. The molecule has 1 aromatic heterocycles. The number of hydrogen-bond acceptors (Lipinski definition) is 3. The minimum Gasteiger partial charge on any atom is -0.478 e. The second kappa shape index (κ2) is 10.1. The van der Waals surface area contributed by atoms with Crippen molar-refractivity contribution in [3.63, 3.8) is 0 Å². The predicted octanol–water partition coefficient (Wildman–Crippen LogP) is 5.70. The molecule has 32 heavy (non-hydrogen) atoms. The van der Waals surface area contributed by atoms with Gasteiger partial charge in [0.15, 0.2) is 5.60 Å². The number of rotatable bonds is 8. The zero-order valence-corrected chi connectivity index (χ0v) is 18.9. The predicted molar refractivity (Wildman–Crippen MR) is 121 cm³/mol. The van der Waals surface area contributed by atoms with E-state index in [2.05, 4.69) is 10.3 Å². The molecule has 3 rings (SSSR count). The molecule has 0 aliphatic rings. The van der Waals surface area contributed by atoms with Crippen LogP contribution in [0.5, 0.6) is 5.75 Å². The third kappa shape index (κ3) is 6.26. The van der Waals surface area contributed by atoms with E-state index in [4.69, 9.17) is 16.3 Å². The van der Waals surface area contributed by atoms with Gasteiger partial charge >= 0.3 is 0 Å². The highest BCUT2D eigenvalue weighted by Crippen LogP contribution is 2.26. The second-order valence-corrected chi connectivity index (χ2v) is 8.61. The molecule has 1 heterocycles. The first kappa shape index (κ1) is 23.7. The molecule has 0 aliphatic heterocycles. The zero-order valence-electron chi connectivity index (χ0n) is 18.1. The number of halogens is 3. The van der Waals surface area contributed by atoms with E-state index in [9.17, 15) is 13.6 Å². The van der Waals surface area contributed by atoms with Gasteiger partial charge in [-0.05, 0) is 44.9 Å². The standard InChI is InChI=1S/C25H25ClF2N2O2/c1-16(30-24(31)25(2,3)32-22-12-19(27)11-20(28)13-22)23(17-7-5-4-6-8-17)14-21-10-9-18(26)15-29-21/h4-13,15-16,23H,14H2,1-3H3,(H,30,31). The van der Waals surface area contributed by atoms with Crippen molar-refractivity contribution in [1.82, 2.24) is 10.3 Å². The summed E-state index contributed by atoms with van der Waals surface area (Å²) in [5.41, 5.74) is 0.534. The van der Waals surface area contributed by atoms with E-state index in [1.54, 1.807) is 26.1 Å². The van der Waals surface area contributed by atoms with E-state index in [-0.39, 0.29) is 17.7 Å². The number of benzene rings is 2. The maximum atomic E-state index is 13.5. The highest BCUT2D eigenvalue weighted by Gasteiger charge is 2.33. The van der Waals surface area contributed by atoms with Gasteiger partial charge in [-0.15, -0.1) is 0 Å². The Morgan fingerprint density at radius 1 is 1.09 bits per heavy atom. The van der Waals surface area contributed by atoms with Crippen molar-refractivity contribution in [1.29, 1.82) is 0 Å². The minimum atomic E-state index is -1.35. The van der Waals surface area contributed by atoms with Crippen molar-refractivity contribution >= 4 is 17.5 Å². The van der Waals surface area contributed by atoms with E-state index >= 15 is 0 Å².